The molecule has 116 valence electrons. The molecule has 1 aliphatic heterocycles. The molecule has 1 aliphatic rings. The Morgan fingerprint density at radius 3 is 2.24 bits per heavy atom. The largest absolute Gasteiger partial charge is 0.382 e. The maximum atomic E-state index is 3.79. The van der Waals surface area contributed by atoms with Gasteiger partial charge in [-0.2, -0.15) is 0 Å². The van der Waals surface area contributed by atoms with Gasteiger partial charge in [-0.15, -0.1) is 0 Å². The van der Waals surface area contributed by atoms with E-state index in [2.05, 4.69) is 63.0 Å². The van der Waals surface area contributed by atoms with Crippen molar-refractivity contribution in [3.8, 4) is 0 Å². The fraction of sp³-hybridized carbons (Fsp3) is 0.579. The van der Waals surface area contributed by atoms with Gasteiger partial charge in [-0.3, -0.25) is 4.90 Å². The zero-order chi connectivity index (χ0) is 15.4. The molecule has 1 N–H and O–H groups in total. The number of aryl methyl sites for hydroxylation is 3. The third kappa shape index (κ3) is 4.60. The lowest BCUT2D eigenvalue weighted by Crippen LogP contribution is -2.39. The molecule has 1 saturated heterocycles. The standard InChI is InChI=1S/C19H30N2/c1-14(2)6-9-21-10-7-18(8-11-21)20-19-16(4)12-15(3)13-17(19)5/h6,12-13,18,20H,7-11H2,1-5H3. The summed E-state index contributed by atoms with van der Waals surface area (Å²) in [6.07, 6.45) is 4.81. The first-order valence-corrected chi connectivity index (χ1v) is 8.16. The highest BCUT2D eigenvalue weighted by Crippen LogP contribution is 2.25. The lowest BCUT2D eigenvalue weighted by Gasteiger charge is -2.33. The second kappa shape index (κ2) is 7.13. The smallest absolute Gasteiger partial charge is 0.0401 e. The average Bonchev–Trinajstić information content (AvgIpc) is 2.41. The van der Waals surface area contributed by atoms with E-state index in [1.807, 2.05) is 0 Å². The van der Waals surface area contributed by atoms with Crippen LogP contribution < -0.4 is 5.32 Å². The van der Waals surface area contributed by atoms with Crippen molar-refractivity contribution in [1.82, 2.24) is 4.90 Å². The Balaban J connectivity index is 1.91. The van der Waals surface area contributed by atoms with E-state index < -0.39 is 0 Å². The van der Waals surface area contributed by atoms with Gasteiger partial charge in [-0.1, -0.05) is 29.3 Å². The highest BCUT2D eigenvalue weighted by molar-refractivity contribution is 5.58. The van der Waals surface area contributed by atoms with Crippen LogP contribution >= 0.6 is 0 Å². The molecular weight excluding hydrogens is 256 g/mol. The summed E-state index contributed by atoms with van der Waals surface area (Å²) in [4.78, 5) is 2.56. The normalized spacial score (nSPS) is 16.8. The van der Waals surface area contributed by atoms with Crippen molar-refractivity contribution in [3.05, 3.63) is 40.5 Å². The fourth-order valence-corrected chi connectivity index (χ4v) is 3.18. The Bertz CT molecular complexity index is 481. The van der Waals surface area contributed by atoms with Crippen LogP contribution in [0.3, 0.4) is 0 Å². The first-order chi connectivity index (χ1) is 9.95. The van der Waals surface area contributed by atoms with Crippen molar-refractivity contribution in [3.63, 3.8) is 0 Å². The number of anilines is 1. The molecule has 1 aromatic rings. The van der Waals surface area contributed by atoms with E-state index in [0.29, 0.717) is 6.04 Å². The molecule has 21 heavy (non-hydrogen) atoms. The van der Waals surface area contributed by atoms with E-state index in [1.165, 1.54) is 53.9 Å². The van der Waals surface area contributed by atoms with Crippen molar-refractivity contribution >= 4 is 5.69 Å². The predicted octanol–water partition coefficient (Wildman–Crippen LogP) is 4.45. The summed E-state index contributed by atoms with van der Waals surface area (Å²) in [5, 5.41) is 3.79. The summed E-state index contributed by atoms with van der Waals surface area (Å²) < 4.78 is 0. The summed E-state index contributed by atoms with van der Waals surface area (Å²) in [6.45, 7) is 14.5. The van der Waals surface area contributed by atoms with Gasteiger partial charge in [0.05, 0.1) is 0 Å². The van der Waals surface area contributed by atoms with E-state index in [0.717, 1.165) is 6.54 Å². The van der Waals surface area contributed by atoms with Crippen LogP contribution in [-0.2, 0) is 0 Å². The third-order valence-corrected chi connectivity index (χ3v) is 4.37. The summed E-state index contributed by atoms with van der Waals surface area (Å²) in [6, 6.07) is 5.17. The predicted molar refractivity (Wildman–Crippen MR) is 93.2 cm³/mol. The van der Waals surface area contributed by atoms with Gasteiger partial charge in [0.25, 0.3) is 0 Å². The van der Waals surface area contributed by atoms with Gasteiger partial charge in [-0.05, 0) is 58.6 Å². The van der Waals surface area contributed by atoms with Gasteiger partial charge in [0.2, 0.25) is 0 Å². The molecule has 1 fully saturated rings. The van der Waals surface area contributed by atoms with Crippen LogP contribution in [0.4, 0.5) is 5.69 Å². The zero-order valence-electron chi connectivity index (χ0n) is 14.3. The minimum atomic E-state index is 0.619. The molecule has 0 spiro atoms. The number of allylic oxidation sites excluding steroid dienone is 1. The molecule has 0 radical (unpaired) electrons. The number of benzene rings is 1. The van der Waals surface area contributed by atoms with E-state index >= 15 is 0 Å². The Labute approximate surface area is 130 Å². The Hall–Kier alpha value is -1.28. The maximum Gasteiger partial charge on any atom is 0.0401 e. The van der Waals surface area contributed by atoms with E-state index in [1.54, 1.807) is 0 Å². The Morgan fingerprint density at radius 1 is 1.14 bits per heavy atom. The molecule has 0 aromatic heterocycles. The van der Waals surface area contributed by atoms with Gasteiger partial charge >= 0.3 is 0 Å². The SMILES string of the molecule is CC(C)=CCN1CCC(Nc2c(C)cc(C)cc2C)CC1. The lowest BCUT2D eigenvalue weighted by atomic mass is 10.0. The number of nitrogens with one attached hydrogen (secondary N) is 1. The zero-order valence-corrected chi connectivity index (χ0v) is 14.3. The summed E-state index contributed by atoms with van der Waals surface area (Å²) >= 11 is 0. The first kappa shape index (κ1) is 16.1. The summed E-state index contributed by atoms with van der Waals surface area (Å²) in [7, 11) is 0. The van der Waals surface area contributed by atoms with Gasteiger partial charge in [-0.25, -0.2) is 0 Å². The molecule has 0 unspecified atom stereocenters. The van der Waals surface area contributed by atoms with Crippen molar-refractivity contribution < 1.29 is 0 Å². The number of hydrogen-bond acceptors (Lipinski definition) is 2. The van der Waals surface area contributed by atoms with Crippen molar-refractivity contribution in [2.75, 3.05) is 25.0 Å². The second-order valence-corrected chi connectivity index (χ2v) is 6.77. The van der Waals surface area contributed by atoms with Crippen LogP contribution in [0.15, 0.2) is 23.8 Å². The quantitative estimate of drug-likeness (QED) is 0.822. The molecule has 2 nitrogen and oxygen atoms in total. The van der Waals surface area contributed by atoms with Crippen LogP contribution in [0.25, 0.3) is 0 Å². The lowest BCUT2D eigenvalue weighted by molar-refractivity contribution is 0.240. The average molecular weight is 286 g/mol. The molecule has 0 bridgehead atoms. The van der Waals surface area contributed by atoms with E-state index in [-0.39, 0.29) is 0 Å². The minimum Gasteiger partial charge on any atom is -0.382 e. The molecular formula is C19H30N2. The Kier molecular flexibility index (Phi) is 5.46. The second-order valence-electron chi connectivity index (χ2n) is 6.77. The van der Waals surface area contributed by atoms with E-state index in [9.17, 15) is 0 Å². The fourth-order valence-electron chi connectivity index (χ4n) is 3.18. The summed E-state index contributed by atoms with van der Waals surface area (Å²) in [5.41, 5.74) is 6.87. The van der Waals surface area contributed by atoms with Gasteiger partial charge < -0.3 is 5.32 Å². The molecule has 1 aromatic carbocycles. The topological polar surface area (TPSA) is 15.3 Å². The maximum absolute atomic E-state index is 3.79. The summed E-state index contributed by atoms with van der Waals surface area (Å²) in [5.74, 6) is 0. The number of likely N-dealkylation sites (tertiary alicyclic amines) is 1. The minimum absolute atomic E-state index is 0.619. The van der Waals surface area contributed by atoms with Crippen LogP contribution in [0, 0.1) is 20.8 Å². The van der Waals surface area contributed by atoms with Crippen molar-refractivity contribution in [2.24, 2.45) is 0 Å². The molecule has 1 heterocycles. The molecule has 2 heteroatoms. The highest BCUT2D eigenvalue weighted by Gasteiger charge is 2.19. The van der Waals surface area contributed by atoms with Crippen LogP contribution in [-0.4, -0.2) is 30.6 Å². The first-order valence-electron chi connectivity index (χ1n) is 8.16. The molecule has 0 saturated carbocycles. The molecule has 0 amide bonds. The molecule has 2 rings (SSSR count). The number of nitrogens with zero attached hydrogens (tertiary/aromatic N) is 1. The number of hydrogen-bond donors (Lipinski definition) is 1. The number of rotatable bonds is 4. The highest BCUT2D eigenvalue weighted by atomic mass is 15.1. The molecule has 0 atom stereocenters. The van der Waals surface area contributed by atoms with Crippen molar-refractivity contribution in [2.45, 2.75) is 53.5 Å². The van der Waals surface area contributed by atoms with Crippen LogP contribution in [0.2, 0.25) is 0 Å². The van der Waals surface area contributed by atoms with Crippen LogP contribution in [0.5, 0.6) is 0 Å². The van der Waals surface area contributed by atoms with Gasteiger partial charge in [0.1, 0.15) is 0 Å². The molecule has 0 aliphatic carbocycles. The van der Waals surface area contributed by atoms with Gasteiger partial charge in [0, 0.05) is 31.4 Å². The monoisotopic (exact) mass is 286 g/mol. The Morgan fingerprint density at radius 2 is 1.71 bits per heavy atom. The number of piperidine rings is 1. The van der Waals surface area contributed by atoms with Crippen LogP contribution in [0.1, 0.15) is 43.4 Å². The third-order valence-electron chi connectivity index (χ3n) is 4.37. The van der Waals surface area contributed by atoms with Crippen molar-refractivity contribution in [1.29, 1.82) is 0 Å². The van der Waals surface area contributed by atoms with Gasteiger partial charge in [0.15, 0.2) is 0 Å². The van der Waals surface area contributed by atoms with E-state index in [4.69, 9.17) is 0 Å².